The molecule has 1 aliphatic carbocycles. The molecule has 0 spiro atoms. The van der Waals surface area contributed by atoms with Gasteiger partial charge < -0.3 is 0 Å². The van der Waals surface area contributed by atoms with Gasteiger partial charge in [0.2, 0.25) is 0 Å². The summed E-state index contributed by atoms with van der Waals surface area (Å²) in [5.41, 5.74) is 1.23. The van der Waals surface area contributed by atoms with Crippen LogP contribution in [-0.4, -0.2) is 15.2 Å². The monoisotopic (exact) mass is 240 g/mol. The molecule has 16 heavy (non-hydrogen) atoms. The summed E-state index contributed by atoms with van der Waals surface area (Å²) in [6.45, 7) is 4.32. The molecule has 2 nitrogen and oxygen atoms in total. The first-order valence-electron chi connectivity index (χ1n) is 6.33. The van der Waals surface area contributed by atoms with Crippen molar-refractivity contribution in [2.75, 3.05) is 0 Å². The van der Waals surface area contributed by atoms with Crippen LogP contribution in [0.15, 0.2) is 12.3 Å². The van der Waals surface area contributed by atoms with Crippen LogP contribution >= 0.6 is 11.6 Å². The average Bonchev–Trinajstić information content (AvgIpc) is 2.66. The fourth-order valence-corrected chi connectivity index (χ4v) is 2.89. The minimum absolute atomic E-state index is 0.394. The van der Waals surface area contributed by atoms with Gasteiger partial charge in [-0.15, -0.1) is 11.6 Å². The Balaban J connectivity index is 1.92. The summed E-state index contributed by atoms with van der Waals surface area (Å²) < 4.78 is 2.04. The fraction of sp³-hybridized carbons (Fsp3) is 0.769. The van der Waals surface area contributed by atoms with Gasteiger partial charge in [0.25, 0.3) is 0 Å². The first kappa shape index (κ1) is 12.0. The highest BCUT2D eigenvalue weighted by molar-refractivity contribution is 6.20. The van der Waals surface area contributed by atoms with E-state index in [9.17, 15) is 0 Å². The quantitative estimate of drug-likeness (QED) is 0.735. The lowest BCUT2D eigenvalue weighted by molar-refractivity contribution is 0.357. The van der Waals surface area contributed by atoms with E-state index in [4.69, 9.17) is 11.6 Å². The SMILES string of the molecule is CC(C)n1ccc(CC2CCCC(Cl)C2)n1. The summed E-state index contributed by atoms with van der Waals surface area (Å²) in [6, 6.07) is 2.61. The van der Waals surface area contributed by atoms with E-state index in [1.54, 1.807) is 0 Å². The summed E-state index contributed by atoms with van der Waals surface area (Å²) >= 11 is 6.21. The summed E-state index contributed by atoms with van der Waals surface area (Å²) in [5.74, 6) is 0.742. The predicted octanol–water partition coefficient (Wildman–Crippen LogP) is 3.80. The van der Waals surface area contributed by atoms with Crippen LogP contribution in [0, 0.1) is 5.92 Å². The lowest BCUT2D eigenvalue weighted by Crippen LogP contribution is -2.17. The number of halogens is 1. The highest BCUT2D eigenvalue weighted by Gasteiger charge is 2.21. The van der Waals surface area contributed by atoms with Gasteiger partial charge >= 0.3 is 0 Å². The molecule has 0 saturated heterocycles. The molecule has 1 fully saturated rings. The Morgan fingerprint density at radius 1 is 1.50 bits per heavy atom. The molecule has 1 saturated carbocycles. The minimum atomic E-state index is 0.394. The molecule has 2 atom stereocenters. The Labute approximate surface area is 103 Å². The molecule has 2 rings (SSSR count). The third kappa shape index (κ3) is 3.00. The van der Waals surface area contributed by atoms with Crippen molar-refractivity contribution in [3.63, 3.8) is 0 Å². The van der Waals surface area contributed by atoms with Crippen molar-refractivity contribution in [2.24, 2.45) is 5.92 Å². The van der Waals surface area contributed by atoms with Gasteiger partial charge in [0.15, 0.2) is 0 Å². The fourth-order valence-electron chi connectivity index (χ4n) is 2.48. The number of hydrogen-bond acceptors (Lipinski definition) is 1. The van der Waals surface area contributed by atoms with Crippen molar-refractivity contribution in [2.45, 2.75) is 57.4 Å². The second-order valence-corrected chi connectivity index (χ2v) is 5.83. The van der Waals surface area contributed by atoms with E-state index in [2.05, 4.69) is 31.2 Å². The maximum atomic E-state index is 6.21. The van der Waals surface area contributed by atoms with Crippen LogP contribution in [0.3, 0.4) is 0 Å². The van der Waals surface area contributed by atoms with Crippen molar-refractivity contribution in [3.05, 3.63) is 18.0 Å². The van der Waals surface area contributed by atoms with E-state index in [0.717, 1.165) is 18.8 Å². The van der Waals surface area contributed by atoms with E-state index >= 15 is 0 Å². The van der Waals surface area contributed by atoms with Crippen molar-refractivity contribution in [3.8, 4) is 0 Å². The molecule has 0 bridgehead atoms. The zero-order valence-corrected chi connectivity index (χ0v) is 11.0. The molecule has 1 aromatic rings. The first-order chi connectivity index (χ1) is 7.65. The molecule has 0 radical (unpaired) electrons. The van der Waals surface area contributed by atoms with Crippen LogP contribution in [0.2, 0.25) is 0 Å². The molecular formula is C13H21ClN2. The van der Waals surface area contributed by atoms with Crippen LogP contribution in [0.5, 0.6) is 0 Å². The standard InChI is InChI=1S/C13H21ClN2/c1-10(2)16-7-6-13(15-16)9-11-4-3-5-12(14)8-11/h6-7,10-12H,3-5,8-9H2,1-2H3. The number of alkyl halides is 1. The van der Waals surface area contributed by atoms with Crippen molar-refractivity contribution in [1.29, 1.82) is 0 Å². The smallest absolute Gasteiger partial charge is 0.0627 e. The number of nitrogens with zero attached hydrogens (tertiary/aromatic N) is 2. The maximum Gasteiger partial charge on any atom is 0.0627 e. The van der Waals surface area contributed by atoms with E-state index in [-0.39, 0.29) is 0 Å². The largest absolute Gasteiger partial charge is 0.270 e. The molecule has 1 aliphatic rings. The Morgan fingerprint density at radius 2 is 2.31 bits per heavy atom. The van der Waals surface area contributed by atoms with E-state index in [1.807, 2.05) is 4.68 Å². The molecule has 3 heteroatoms. The van der Waals surface area contributed by atoms with Crippen LogP contribution < -0.4 is 0 Å². The summed E-state index contributed by atoms with van der Waals surface area (Å²) in [5, 5.41) is 5.00. The molecule has 90 valence electrons. The van der Waals surface area contributed by atoms with Gasteiger partial charge in [-0.25, -0.2) is 0 Å². The predicted molar refractivity (Wildman–Crippen MR) is 67.9 cm³/mol. The molecule has 1 heterocycles. The van der Waals surface area contributed by atoms with Gasteiger partial charge in [0.1, 0.15) is 0 Å². The van der Waals surface area contributed by atoms with Crippen LogP contribution in [0.25, 0.3) is 0 Å². The van der Waals surface area contributed by atoms with Gasteiger partial charge in [-0.05, 0) is 51.5 Å². The first-order valence-corrected chi connectivity index (χ1v) is 6.77. The van der Waals surface area contributed by atoms with Gasteiger partial charge in [0.05, 0.1) is 5.69 Å². The van der Waals surface area contributed by atoms with Gasteiger partial charge in [-0.2, -0.15) is 5.10 Å². The summed E-state index contributed by atoms with van der Waals surface area (Å²) in [7, 11) is 0. The van der Waals surface area contributed by atoms with Crippen LogP contribution in [-0.2, 0) is 6.42 Å². The highest BCUT2D eigenvalue weighted by Crippen LogP contribution is 2.29. The van der Waals surface area contributed by atoms with Crippen molar-refractivity contribution in [1.82, 2.24) is 9.78 Å². The third-order valence-electron chi connectivity index (χ3n) is 3.41. The number of hydrogen-bond donors (Lipinski definition) is 0. The Hall–Kier alpha value is -0.500. The second-order valence-electron chi connectivity index (χ2n) is 5.21. The second kappa shape index (κ2) is 5.22. The lowest BCUT2D eigenvalue weighted by atomic mass is 9.86. The van der Waals surface area contributed by atoms with Crippen molar-refractivity contribution >= 4 is 11.6 Å². The zero-order valence-electron chi connectivity index (χ0n) is 10.2. The zero-order chi connectivity index (χ0) is 11.5. The summed E-state index contributed by atoms with van der Waals surface area (Å²) in [4.78, 5) is 0. The minimum Gasteiger partial charge on any atom is -0.270 e. The molecule has 1 aromatic heterocycles. The molecule has 2 unspecified atom stereocenters. The average molecular weight is 241 g/mol. The number of rotatable bonds is 3. The van der Waals surface area contributed by atoms with Crippen molar-refractivity contribution < 1.29 is 0 Å². The third-order valence-corrected chi connectivity index (χ3v) is 3.81. The molecule has 0 aliphatic heterocycles. The molecular weight excluding hydrogens is 220 g/mol. The van der Waals surface area contributed by atoms with Crippen LogP contribution in [0.1, 0.15) is 51.3 Å². The Morgan fingerprint density at radius 3 is 2.94 bits per heavy atom. The molecule has 0 aromatic carbocycles. The van der Waals surface area contributed by atoms with Gasteiger partial charge in [0, 0.05) is 17.6 Å². The Kier molecular flexibility index (Phi) is 3.91. The van der Waals surface area contributed by atoms with E-state index in [0.29, 0.717) is 11.4 Å². The van der Waals surface area contributed by atoms with Gasteiger partial charge in [-0.1, -0.05) is 6.42 Å². The topological polar surface area (TPSA) is 17.8 Å². The number of aromatic nitrogens is 2. The Bertz CT molecular complexity index is 332. The van der Waals surface area contributed by atoms with E-state index in [1.165, 1.54) is 25.0 Å². The molecule has 0 N–H and O–H groups in total. The van der Waals surface area contributed by atoms with E-state index < -0.39 is 0 Å². The lowest BCUT2D eigenvalue weighted by Gasteiger charge is -2.24. The maximum absolute atomic E-state index is 6.21. The highest BCUT2D eigenvalue weighted by atomic mass is 35.5. The summed E-state index contributed by atoms with van der Waals surface area (Å²) in [6.07, 6.45) is 8.14. The van der Waals surface area contributed by atoms with Gasteiger partial charge in [-0.3, -0.25) is 4.68 Å². The normalized spacial score (nSPS) is 26.2. The molecule has 0 amide bonds. The van der Waals surface area contributed by atoms with Crippen LogP contribution in [0.4, 0.5) is 0 Å².